The molecule has 102 valence electrons. The van der Waals surface area contributed by atoms with Crippen LogP contribution in [0.25, 0.3) is 0 Å². The summed E-state index contributed by atoms with van der Waals surface area (Å²) in [6.07, 6.45) is 6.34. The zero-order valence-electron chi connectivity index (χ0n) is 11.7. The fraction of sp³-hybridized carbons (Fsp3) is 0.643. The first-order chi connectivity index (χ1) is 8.53. The highest BCUT2D eigenvalue weighted by atomic mass is 16.1. The highest BCUT2D eigenvalue weighted by Gasteiger charge is 2.17. The van der Waals surface area contributed by atoms with E-state index in [0.717, 1.165) is 25.9 Å². The molecule has 1 aromatic rings. The van der Waals surface area contributed by atoms with E-state index in [1.54, 1.807) is 0 Å². The molecule has 0 aromatic carbocycles. The Hall–Kier alpha value is -1.29. The molecule has 0 aliphatic heterocycles. The number of hydrogen-bond donors (Lipinski definition) is 3. The zero-order chi connectivity index (χ0) is 13.4. The summed E-state index contributed by atoms with van der Waals surface area (Å²) in [5.41, 5.74) is 1.36. The molecule has 0 aliphatic carbocycles. The van der Waals surface area contributed by atoms with E-state index in [1.807, 2.05) is 25.5 Å². The van der Waals surface area contributed by atoms with Crippen molar-refractivity contribution in [2.45, 2.75) is 33.1 Å². The standard InChI is InChI=1S/C14H25N3O/c1-14(2,10-15-3)11-17-13(18)6-4-5-12-7-8-16-9-12/h7-9,15-16H,4-6,10-11H2,1-3H3,(H,17,18). The van der Waals surface area contributed by atoms with Gasteiger partial charge in [0.15, 0.2) is 0 Å². The molecule has 4 heteroatoms. The monoisotopic (exact) mass is 251 g/mol. The van der Waals surface area contributed by atoms with Crippen LogP contribution in [-0.2, 0) is 11.2 Å². The Labute approximate surface area is 110 Å². The Morgan fingerprint density at radius 3 is 2.78 bits per heavy atom. The van der Waals surface area contributed by atoms with Crippen molar-refractivity contribution in [3.63, 3.8) is 0 Å². The quantitative estimate of drug-likeness (QED) is 0.658. The first-order valence-electron chi connectivity index (χ1n) is 6.56. The summed E-state index contributed by atoms with van der Waals surface area (Å²) in [6, 6.07) is 2.05. The van der Waals surface area contributed by atoms with Crippen molar-refractivity contribution < 1.29 is 4.79 Å². The summed E-state index contributed by atoms with van der Waals surface area (Å²) >= 11 is 0. The summed E-state index contributed by atoms with van der Waals surface area (Å²) in [4.78, 5) is 14.7. The van der Waals surface area contributed by atoms with E-state index in [2.05, 4.69) is 29.5 Å². The maximum absolute atomic E-state index is 11.7. The van der Waals surface area contributed by atoms with E-state index in [4.69, 9.17) is 0 Å². The van der Waals surface area contributed by atoms with Gasteiger partial charge in [0.25, 0.3) is 0 Å². The number of carbonyl (C=O) groups excluding carboxylic acids is 1. The maximum Gasteiger partial charge on any atom is 0.220 e. The molecule has 0 fully saturated rings. The SMILES string of the molecule is CNCC(C)(C)CNC(=O)CCCc1cc[nH]c1. The van der Waals surface area contributed by atoms with E-state index < -0.39 is 0 Å². The molecule has 0 radical (unpaired) electrons. The second-order valence-corrected chi connectivity index (χ2v) is 5.54. The number of aromatic nitrogens is 1. The van der Waals surface area contributed by atoms with Crippen LogP contribution in [-0.4, -0.2) is 31.0 Å². The van der Waals surface area contributed by atoms with Crippen LogP contribution in [0.1, 0.15) is 32.3 Å². The molecule has 1 aromatic heterocycles. The van der Waals surface area contributed by atoms with Gasteiger partial charge >= 0.3 is 0 Å². The molecule has 0 aliphatic rings. The molecule has 0 bridgehead atoms. The first-order valence-corrected chi connectivity index (χ1v) is 6.56. The third kappa shape index (κ3) is 5.87. The number of amides is 1. The lowest BCUT2D eigenvalue weighted by molar-refractivity contribution is -0.121. The average molecular weight is 251 g/mol. The minimum absolute atomic E-state index is 0.102. The molecule has 1 rings (SSSR count). The van der Waals surface area contributed by atoms with Gasteiger partial charge in [-0.25, -0.2) is 0 Å². The molecule has 0 atom stereocenters. The van der Waals surface area contributed by atoms with Gasteiger partial charge in [0.05, 0.1) is 0 Å². The van der Waals surface area contributed by atoms with Crippen molar-refractivity contribution >= 4 is 5.91 Å². The molecule has 0 saturated carbocycles. The number of H-pyrrole nitrogens is 1. The smallest absolute Gasteiger partial charge is 0.220 e. The van der Waals surface area contributed by atoms with Crippen LogP contribution in [0.5, 0.6) is 0 Å². The van der Waals surface area contributed by atoms with E-state index >= 15 is 0 Å². The van der Waals surface area contributed by atoms with Gasteiger partial charge in [-0.2, -0.15) is 0 Å². The summed E-state index contributed by atoms with van der Waals surface area (Å²) in [5.74, 6) is 0.148. The molecule has 1 amide bonds. The van der Waals surface area contributed by atoms with Crippen LogP contribution in [0.15, 0.2) is 18.5 Å². The van der Waals surface area contributed by atoms with Crippen molar-refractivity contribution in [1.82, 2.24) is 15.6 Å². The molecular formula is C14H25N3O. The van der Waals surface area contributed by atoms with Gasteiger partial charge in [0.1, 0.15) is 0 Å². The third-order valence-electron chi connectivity index (χ3n) is 2.95. The van der Waals surface area contributed by atoms with Gasteiger partial charge in [0, 0.05) is 31.9 Å². The van der Waals surface area contributed by atoms with Gasteiger partial charge in [-0.05, 0) is 36.9 Å². The highest BCUT2D eigenvalue weighted by molar-refractivity contribution is 5.75. The second kappa shape index (κ2) is 7.21. The summed E-state index contributed by atoms with van der Waals surface area (Å²) < 4.78 is 0. The van der Waals surface area contributed by atoms with Gasteiger partial charge < -0.3 is 15.6 Å². The molecule has 4 nitrogen and oxygen atoms in total. The lowest BCUT2D eigenvalue weighted by Crippen LogP contribution is -2.39. The molecule has 0 unspecified atom stereocenters. The number of nitrogens with one attached hydrogen (secondary N) is 3. The zero-order valence-corrected chi connectivity index (χ0v) is 11.7. The second-order valence-electron chi connectivity index (χ2n) is 5.54. The van der Waals surface area contributed by atoms with E-state index in [9.17, 15) is 4.79 Å². The molecular weight excluding hydrogens is 226 g/mol. The Balaban J connectivity index is 2.14. The van der Waals surface area contributed by atoms with Crippen LogP contribution < -0.4 is 10.6 Å². The van der Waals surface area contributed by atoms with Crippen molar-refractivity contribution in [2.75, 3.05) is 20.1 Å². The Morgan fingerprint density at radius 1 is 1.39 bits per heavy atom. The van der Waals surface area contributed by atoms with E-state index in [0.29, 0.717) is 6.42 Å². The number of hydrogen-bond acceptors (Lipinski definition) is 2. The largest absolute Gasteiger partial charge is 0.367 e. The maximum atomic E-state index is 11.7. The van der Waals surface area contributed by atoms with Crippen molar-refractivity contribution in [3.8, 4) is 0 Å². The van der Waals surface area contributed by atoms with E-state index in [1.165, 1.54) is 5.56 Å². The fourth-order valence-corrected chi connectivity index (χ4v) is 1.93. The highest BCUT2D eigenvalue weighted by Crippen LogP contribution is 2.11. The van der Waals surface area contributed by atoms with Gasteiger partial charge in [0.2, 0.25) is 5.91 Å². The van der Waals surface area contributed by atoms with Crippen molar-refractivity contribution in [1.29, 1.82) is 0 Å². The number of aryl methyl sites for hydroxylation is 1. The average Bonchev–Trinajstić information content (AvgIpc) is 2.79. The predicted molar refractivity (Wildman–Crippen MR) is 74.4 cm³/mol. The van der Waals surface area contributed by atoms with Crippen LogP contribution in [0.3, 0.4) is 0 Å². The first kappa shape index (κ1) is 14.8. The summed E-state index contributed by atoms with van der Waals surface area (Å²) in [5, 5.41) is 6.14. The van der Waals surface area contributed by atoms with Gasteiger partial charge in [-0.15, -0.1) is 0 Å². The lowest BCUT2D eigenvalue weighted by Gasteiger charge is -2.24. The minimum Gasteiger partial charge on any atom is -0.367 e. The van der Waals surface area contributed by atoms with E-state index in [-0.39, 0.29) is 11.3 Å². The van der Waals surface area contributed by atoms with Gasteiger partial charge in [-0.1, -0.05) is 13.8 Å². The predicted octanol–water partition coefficient (Wildman–Crippen LogP) is 1.70. The molecule has 3 N–H and O–H groups in total. The third-order valence-corrected chi connectivity index (χ3v) is 2.95. The van der Waals surface area contributed by atoms with Crippen LogP contribution >= 0.6 is 0 Å². The topological polar surface area (TPSA) is 56.9 Å². The minimum atomic E-state index is 0.102. The molecule has 1 heterocycles. The summed E-state index contributed by atoms with van der Waals surface area (Å²) in [6.45, 7) is 5.90. The van der Waals surface area contributed by atoms with Crippen molar-refractivity contribution in [3.05, 3.63) is 24.0 Å². The number of rotatable bonds is 8. The Morgan fingerprint density at radius 2 is 2.17 bits per heavy atom. The molecule has 0 saturated heterocycles. The Kier molecular flexibility index (Phi) is 5.92. The molecule has 18 heavy (non-hydrogen) atoms. The lowest BCUT2D eigenvalue weighted by atomic mass is 9.93. The van der Waals surface area contributed by atoms with Crippen LogP contribution in [0.2, 0.25) is 0 Å². The molecule has 0 spiro atoms. The fourth-order valence-electron chi connectivity index (χ4n) is 1.93. The Bertz CT molecular complexity index is 344. The van der Waals surface area contributed by atoms with Crippen LogP contribution in [0.4, 0.5) is 0 Å². The number of aromatic amines is 1. The normalized spacial score (nSPS) is 11.5. The van der Waals surface area contributed by atoms with Gasteiger partial charge in [-0.3, -0.25) is 4.79 Å². The summed E-state index contributed by atoms with van der Waals surface area (Å²) in [7, 11) is 1.93. The number of carbonyl (C=O) groups is 1. The van der Waals surface area contributed by atoms with Crippen LogP contribution in [0, 0.1) is 5.41 Å². The van der Waals surface area contributed by atoms with Crippen molar-refractivity contribution in [2.24, 2.45) is 5.41 Å².